The van der Waals surface area contributed by atoms with Crippen molar-refractivity contribution in [2.45, 2.75) is 33.3 Å². The molecule has 1 aromatic carbocycles. The van der Waals surface area contributed by atoms with Crippen LogP contribution in [0.1, 0.15) is 36.7 Å². The molecule has 0 saturated carbocycles. The van der Waals surface area contributed by atoms with Gasteiger partial charge >= 0.3 is 6.09 Å². The Morgan fingerprint density at radius 1 is 1.09 bits per heavy atom. The summed E-state index contributed by atoms with van der Waals surface area (Å²) in [6.07, 6.45) is -0.318. The summed E-state index contributed by atoms with van der Waals surface area (Å²) in [6, 6.07) is 5.70. The quantitative estimate of drug-likeness (QED) is 0.747. The van der Waals surface area contributed by atoms with E-state index < -0.39 is 5.60 Å². The fraction of sp³-hybridized carbons (Fsp3) is 0.529. The molecule has 1 saturated heterocycles. The molecule has 5 nitrogen and oxygen atoms in total. The van der Waals surface area contributed by atoms with Gasteiger partial charge in [-0.3, -0.25) is 4.79 Å². The summed E-state index contributed by atoms with van der Waals surface area (Å²) in [5.41, 5.74) is 1.25. The number of piperazine rings is 1. The van der Waals surface area contributed by atoms with Crippen LogP contribution in [-0.4, -0.2) is 53.6 Å². The van der Waals surface area contributed by atoms with Crippen LogP contribution in [0.5, 0.6) is 0 Å². The second-order valence-corrected chi connectivity index (χ2v) is 7.60. The number of carbonyl (C=O) groups excluding carboxylic acids is 2. The van der Waals surface area contributed by atoms with Crippen molar-refractivity contribution < 1.29 is 14.3 Å². The molecular formula is C17H23BrN2O3. The van der Waals surface area contributed by atoms with Gasteiger partial charge in [0.25, 0.3) is 5.91 Å². The second kappa shape index (κ2) is 6.91. The number of benzene rings is 1. The van der Waals surface area contributed by atoms with Crippen LogP contribution in [0.25, 0.3) is 0 Å². The van der Waals surface area contributed by atoms with Gasteiger partial charge in [0.05, 0.1) is 5.56 Å². The van der Waals surface area contributed by atoms with E-state index in [0.717, 1.165) is 10.0 Å². The summed E-state index contributed by atoms with van der Waals surface area (Å²) in [6.45, 7) is 9.53. The maximum atomic E-state index is 12.6. The Morgan fingerprint density at radius 2 is 1.65 bits per heavy atom. The van der Waals surface area contributed by atoms with E-state index in [9.17, 15) is 9.59 Å². The number of hydrogen-bond acceptors (Lipinski definition) is 3. The molecule has 1 aliphatic rings. The highest BCUT2D eigenvalue weighted by Crippen LogP contribution is 2.21. The average molecular weight is 383 g/mol. The molecule has 0 spiro atoms. The molecule has 6 heteroatoms. The Bertz CT molecular complexity index is 602. The lowest BCUT2D eigenvalue weighted by Gasteiger charge is -2.35. The molecule has 0 aromatic heterocycles. The van der Waals surface area contributed by atoms with Gasteiger partial charge in [-0.05, 0) is 61.3 Å². The molecule has 1 fully saturated rings. The van der Waals surface area contributed by atoms with Gasteiger partial charge in [-0.1, -0.05) is 6.07 Å². The van der Waals surface area contributed by atoms with E-state index in [-0.39, 0.29) is 12.0 Å². The van der Waals surface area contributed by atoms with Gasteiger partial charge in [-0.25, -0.2) is 4.79 Å². The zero-order valence-corrected chi connectivity index (χ0v) is 15.6. The number of ether oxygens (including phenoxy) is 1. The van der Waals surface area contributed by atoms with E-state index in [4.69, 9.17) is 4.74 Å². The summed E-state index contributed by atoms with van der Waals surface area (Å²) in [5, 5.41) is 0. The number of rotatable bonds is 1. The number of nitrogens with zero attached hydrogens (tertiary/aromatic N) is 2. The van der Waals surface area contributed by atoms with Crippen molar-refractivity contribution in [3.8, 4) is 0 Å². The van der Waals surface area contributed by atoms with Crippen molar-refractivity contribution in [2.75, 3.05) is 26.2 Å². The van der Waals surface area contributed by atoms with E-state index in [1.165, 1.54) is 0 Å². The van der Waals surface area contributed by atoms with Crippen molar-refractivity contribution in [2.24, 2.45) is 0 Å². The molecule has 23 heavy (non-hydrogen) atoms. The summed E-state index contributed by atoms with van der Waals surface area (Å²) < 4.78 is 6.17. The summed E-state index contributed by atoms with van der Waals surface area (Å²) in [4.78, 5) is 28.1. The highest BCUT2D eigenvalue weighted by atomic mass is 79.9. The third-order valence-corrected chi connectivity index (χ3v) is 4.23. The van der Waals surface area contributed by atoms with Crippen molar-refractivity contribution in [3.63, 3.8) is 0 Å². The Labute approximate surface area is 145 Å². The Morgan fingerprint density at radius 3 is 2.17 bits per heavy atom. The number of halogens is 1. The number of amides is 2. The molecule has 0 N–H and O–H groups in total. The molecule has 0 bridgehead atoms. The lowest BCUT2D eigenvalue weighted by atomic mass is 10.1. The molecule has 0 atom stereocenters. The van der Waals surface area contributed by atoms with Crippen LogP contribution < -0.4 is 0 Å². The van der Waals surface area contributed by atoms with Crippen LogP contribution in [-0.2, 0) is 4.74 Å². The normalized spacial score (nSPS) is 15.5. The maximum Gasteiger partial charge on any atom is 0.410 e. The highest BCUT2D eigenvalue weighted by molar-refractivity contribution is 9.10. The predicted molar refractivity (Wildman–Crippen MR) is 92.6 cm³/mol. The van der Waals surface area contributed by atoms with Crippen molar-refractivity contribution >= 4 is 27.9 Å². The van der Waals surface area contributed by atoms with Crippen LogP contribution in [0.4, 0.5) is 4.79 Å². The lowest BCUT2D eigenvalue weighted by Crippen LogP contribution is -2.51. The number of aryl methyl sites for hydroxylation is 1. The van der Waals surface area contributed by atoms with E-state index in [1.54, 1.807) is 9.80 Å². The molecule has 1 heterocycles. The molecule has 2 rings (SSSR count). The smallest absolute Gasteiger partial charge is 0.410 e. The largest absolute Gasteiger partial charge is 0.444 e. The van der Waals surface area contributed by atoms with E-state index in [1.807, 2.05) is 45.9 Å². The first-order chi connectivity index (χ1) is 10.7. The van der Waals surface area contributed by atoms with Crippen LogP contribution in [0, 0.1) is 6.92 Å². The van der Waals surface area contributed by atoms with Crippen molar-refractivity contribution in [1.29, 1.82) is 0 Å². The minimum Gasteiger partial charge on any atom is -0.444 e. The summed E-state index contributed by atoms with van der Waals surface area (Å²) in [5.74, 6) is -0.0132. The summed E-state index contributed by atoms with van der Waals surface area (Å²) >= 11 is 3.45. The van der Waals surface area contributed by atoms with E-state index in [0.29, 0.717) is 31.7 Å². The maximum absolute atomic E-state index is 12.6. The fourth-order valence-corrected chi connectivity index (χ4v) is 3.05. The fourth-order valence-electron chi connectivity index (χ4n) is 2.38. The van der Waals surface area contributed by atoms with Crippen LogP contribution >= 0.6 is 15.9 Å². The Hall–Kier alpha value is -1.56. The first kappa shape index (κ1) is 17.8. The van der Waals surface area contributed by atoms with Gasteiger partial charge in [-0.2, -0.15) is 0 Å². The molecule has 0 radical (unpaired) electrons. The highest BCUT2D eigenvalue weighted by Gasteiger charge is 2.28. The molecule has 0 unspecified atom stereocenters. The van der Waals surface area contributed by atoms with E-state index >= 15 is 0 Å². The van der Waals surface area contributed by atoms with Gasteiger partial charge in [0.2, 0.25) is 0 Å². The second-order valence-electron chi connectivity index (χ2n) is 6.74. The SMILES string of the molecule is Cc1ccc(C(=O)N2CCN(C(=O)OC(C)(C)C)CC2)c(Br)c1. The van der Waals surface area contributed by atoms with Gasteiger partial charge in [0.15, 0.2) is 0 Å². The van der Waals surface area contributed by atoms with E-state index in [2.05, 4.69) is 15.9 Å². The molecule has 126 valence electrons. The topological polar surface area (TPSA) is 49.9 Å². The molecular weight excluding hydrogens is 360 g/mol. The average Bonchev–Trinajstić information content (AvgIpc) is 2.45. The van der Waals surface area contributed by atoms with Crippen LogP contribution in [0.2, 0.25) is 0 Å². The third-order valence-electron chi connectivity index (χ3n) is 3.57. The predicted octanol–water partition coefficient (Wildman–Crippen LogP) is 3.45. The van der Waals surface area contributed by atoms with Crippen molar-refractivity contribution in [3.05, 3.63) is 33.8 Å². The lowest BCUT2D eigenvalue weighted by molar-refractivity contribution is 0.0141. The Balaban J connectivity index is 1.96. The summed E-state index contributed by atoms with van der Waals surface area (Å²) in [7, 11) is 0. The number of carbonyl (C=O) groups is 2. The van der Waals surface area contributed by atoms with Crippen molar-refractivity contribution in [1.82, 2.24) is 9.80 Å². The van der Waals surface area contributed by atoms with Gasteiger partial charge in [0.1, 0.15) is 5.60 Å². The van der Waals surface area contributed by atoms with Crippen LogP contribution in [0.15, 0.2) is 22.7 Å². The standard InChI is InChI=1S/C17H23BrN2O3/c1-12-5-6-13(14(18)11-12)15(21)19-7-9-20(10-8-19)16(22)23-17(2,3)4/h5-6,11H,7-10H2,1-4H3. The first-order valence-corrected chi connectivity index (χ1v) is 8.50. The number of hydrogen-bond donors (Lipinski definition) is 0. The van der Waals surface area contributed by atoms with Gasteiger partial charge < -0.3 is 14.5 Å². The zero-order valence-electron chi connectivity index (χ0n) is 14.1. The molecule has 0 aliphatic carbocycles. The minimum absolute atomic E-state index is 0.0132. The molecule has 1 aliphatic heterocycles. The van der Waals surface area contributed by atoms with Gasteiger partial charge in [0, 0.05) is 30.7 Å². The van der Waals surface area contributed by atoms with Gasteiger partial charge in [-0.15, -0.1) is 0 Å². The molecule has 2 amide bonds. The molecule has 1 aromatic rings. The minimum atomic E-state index is -0.503. The zero-order chi connectivity index (χ0) is 17.2. The monoisotopic (exact) mass is 382 g/mol. The third kappa shape index (κ3) is 4.70. The van der Waals surface area contributed by atoms with Crippen LogP contribution in [0.3, 0.4) is 0 Å². The Kier molecular flexibility index (Phi) is 5.34. The first-order valence-electron chi connectivity index (χ1n) is 7.71.